The molecule has 3 heterocycles. The van der Waals surface area contributed by atoms with E-state index in [4.69, 9.17) is 24.6 Å². The van der Waals surface area contributed by atoms with E-state index in [1.54, 1.807) is 0 Å². The van der Waals surface area contributed by atoms with Gasteiger partial charge in [0.2, 0.25) is 5.95 Å². The van der Waals surface area contributed by atoms with E-state index in [-0.39, 0.29) is 17.1 Å². The van der Waals surface area contributed by atoms with Crippen molar-refractivity contribution in [3.63, 3.8) is 0 Å². The van der Waals surface area contributed by atoms with Crippen LogP contribution in [0.1, 0.15) is 19.6 Å². The summed E-state index contributed by atoms with van der Waals surface area (Å²) in [6.45, 7) is 1.76. The summed E-state index contributed by atoms with van der Waals surface area (Å²) < 4.78 is 29.1. The van der Waals surface area contributed by atoms with Gasteiger partial charge in [-0.15, -0.1) is 9.42 Å². The largest absolute Gasteiger partial charge is 0.695 e. The fourth-order valence-electron chi connectivity index (χ4n) is 2.87. The maximum Gasteiger partial charge on any atom is 0.695 e. The summed E-state index contributed by atoms with van der Waals surface area (Å²) in [5.74, 6) is -0.0989. The summed E-state index contributed by atoms with van der Waals surface area (Å²) in [6, 6.07) is 0. The van der Waals surface area contributed by atoms with Crippen molar-refractivity contribution < 1.29 is 28.6 Å². The molecule has 1 fully saturated rings. The molecule has 13 heteroatoms. The number of fused-ring (bicyclic) bond motifs is 1. The van der Waals surface area contributed by atoms with E-state index in [1.165, 1.54) is 10.9 Å². The van der Waals surface area contributed by atoms with E-state index < -0.39 is 45.0 Å². The van der Waals surface area contributed by atoms with Gasteiger partial charge in [-0.3, -0.25) is 14.3 Å². The molecule has 0 saturated carbocycles. The molecule has 0 aliphatic carbocycles. The van der Waals surface area contributed by atoms with Crippen molar-refractivity contribution in [2.45, 2.75) is 37.9 Å². The predicted molar refractivity (Wildman–Crippen MR) is 88.3 cm³/mol. The van der Waals surface area contributed by atoms with E-state index >= 15 is 0 Å². The number of hydrogen-bond acceptors (Lipinski definition) is 9. The zero-order valence-corrected chi connectivity index (χ0v) is 14.7. The van der Waals surface area contributed by atoms with Crippen molar-refractivity contribution in [2.75, 3.05) is 18.9 Å². The van der Waals surface area contributed by atoms with Gasteiger partial charge >= 0.3 is 8.25 Å². The Balaban J connectivity index is 2.04. The lowest BCUT2D eigenvalue weighted by molar-refractivity contribution is -0.0698. The first-order valence-electron chi connectivity index (χ1n) is 7.89. The zero-order chi connectivity index (χ0) is 18.8. The normalized spacial score (nSPS) is 26.5. The van der Waals surface area contributed by atoms with Crippen LogP contribution in [-0.4, -0.2) is 61.0 Å². The summed E-state index contributed by atoms with van der Waals surface area (Å²) in [7, 11) is -2.94. The minimum atomic E-state index is -2.94. The van der Waals surface area contributed by atoms with Crippen molar-refractivity contribution in [1.82, 2.24) is 19.5 Å². The molecule has 26 heavy (non-hydrogen) atoms. The van der Waals surface area contributed by atoms with Gasteiger partial charge in [-0.05, 0) is 6.42 Å². The Morgan fingerprint density at radius 1 is 1.50 bits per heavy atom. The Bertz CT molecular complexity index is 855. The van der Waals surface area contributed by atoms with Crippen molar-refractivity contribution >= 4 is 25.4 Å². The molecule has 2 aromatic heterocycles. The topological polar surface area (TPSA) is 175 Å². The lowest BCUT2D eigenvalue weighted by Crippen LogP contribution is -2.36. The molecule has 2 aromatic rings. The van der Waals surface area contributed by atoms with Crippen molar-refractivity contribution in [1.29, 1.82) is 0 Å². The lowest BCUT2D eigenvalue weighted by atomic mass is 10.1. The first kappa shape index (κ1) is 18.8. The summed E-state index contributed by atoms with van der Waals surface area (Å²) in [5, 5.41) is 9.56. The number of nitrogens with zero attached hydrogens (tertiary/aromatic N) is 3. The highest BCUT2D eigenvalue weighted by Gasteiger charge is 2.51. The van der Waals surface area contributed by atoms with Crippen LogP contribution in [0.5, 0.6) is 0 Å². The molecule has 5 atom stereocenters. The molecule has 5 N–H and O–H groups in total. The Morgan fingerprint density at radius 3 is 2.92 bits per heavy atom. The Kier molecular flexibility index (Phi) is 5.61. The molecule has 12 nitrogen and oxygen atoms in total. The first-order chi connectivity index (χ1) is 12.5. The second kappa shape index (κ2) is 7.74. The first-order valence-corrected chi connectivity index (χ1v) is 9.02. The number of aliphatic hydroxyl groups excluding tert-OH is 1. The van der Waals surface area contributed by atoms with E-state index in [0.29, 0.717) is 13.0 Å². The number of H-pyrrole nitrogens is 1. The summed E-state index contributed by atoms with van der Waals surface area (Å²) in [5.41, 5.74) is 5.29. The van der Waals surface area contributed by atoms with Gasteiger partial charge in [0.05, 0.1) is 12.9 Å². The monoisotopic (exact) mass is 388 g/mol. The van der Waals surface area contributed by atoms with Crippen LogP contribution in [0.15, 0.2) is 11.1 Å². The van der Waals surface area contributed by atoms with Crippen LogP contribution < -0.4 is 11.3 Å². The van der Waals surface area contributed by atoms with Crippen LogP contribution in [0.2, 0.25) is 0 Å². The van der Waals surface area contributed by atoms with Crippen molar-refractivity contribution in [3.05, 3.63) is 16.7 Å². The molecule has 142 valence electrons. The molecule has 0 bridgehead atoms. The molecule has 0 radical (unpaired) electrons. The van der Waals surface area contributed by atoms with Crippen molar-refractivity contribution in [2.24, 2.45) is 0 Å². The third-order valence-electron chi connectivity index (χ3n) is 3.92. The highest BCUT2D eigenvalue weighted by molar-refractivity contribution is 7.32. The fraction of sp³-hybridized carbons (Fsp3) is 0.615. The third-order valence-corrected chi connectivity index (χ3v) is 4.34. The predicted octanol–water partition coefficient (Wildman–Crippen LogP) is -0.578. The van der Waals surface area contributed by atoms with Gasteiger partial charge in [0.25, 0.3) is 5.56 Å². The number of aromatic amines is 1. The lowest BCUT2D eigenvalue weighted by Gasteiger charge is -2.21. The second-order valence-corrected chi connectivity index (χ2v) is 6.35. The second-order valence-electron chi connectivity index (χ2n) is 5.67. The highest BCUT2D eigenvalue weighted by Crippen LogP contribution is 2.38. The zero-order valence-electron chi connectivity index (χ0n) is 13.8. The standard InChI is InChI=1S/C13H18N5O7P/c1-2-3-23-9-8(25-26(21)22)6(4-19)24-12(9)18-5-15-7-10(18)16-13(14)17-11(7)20/h5-6,8-9,12,19H,2-4H2,1H3,(H3-,14,16,17,20,21,22)/p+1/t6-,8+,9?,12-/m1/s1. The number of rotatable bonds is 7. The van der Waals surface area contributed by atoms with Crippen LogP contribution in [-0.2, 0) is 18.6 Å². The molecular formula is C13H19N5O7P+. The molecule has 0 amide bonds. The number of aliphatic hydroxyl groups is 1. The Labute approximate surface area is 147 Å². The SMILES string of the molecule is CCCOC1[C@@H](O[P+](=O)O)[C@@H](CO)O[C@H]1n1cnc2c(=O)[nH]c(N)nc21. The van der Waals surface area contributed by atoms with E-state index in [2.05, 4.69) is 15.0 Å². The number of imidazole rings is 1. The van der Waals surface area contributed by atoms with Gasteiger partial charge in [-0.1, -0.05) is 6.92 Å². The van der Waals surface area contributed by atoms with Gasteiger partial charge in [-0.2, -0.15) is 4.98 Å². The van der Waals surface area contributed by atoms with Gasteiger partial charge < -0.3 is 20.3 Å². The summed E-state index contributed by atoms with van der Waals surface area (Å²) >= 11 is 0. The molecule has 1 aliphatic heterocycles. The molecule has 3 rings (SSSR count). The van der Waals surface area contributed by atoms with E-state index in [0.717, 1.165) is 0 Å². The summed E-state index contributed by atoms with van der Waals surface area (Å²) in [6.07, 6.45) is -1.63. The average molecular weight is 388 g/mol. The number of anilines is 1. The molecule has 0 spiro atoms. The quantitative estimate of drug-likeness (QED) is 0.449. The van der Waals surface area contributed by atoms with Gasteiger partial charge in [0.15, 0.2) is 23.5 Å². The number of ether oxygens (including phenoxy) is 2. The highest BCUT2D eigenvalue weighted by atomic mass is 31.1. The Hall–Kier alpha value is -1.95. The summed E-state index contributed by atoms with van der Waals surface area (Å²) in [4.78, 5) is 31.5. The van der Waals surface area contributed by atoms with E-state index in [9.17, 15) is 14.5 Å². The van der Waals surface area contributed by atoms with Gasteiger partial charge in [-0.25, -0.2) is 4.98 Å². The number of nitrogens with two attached hydrogens (primary N) is 1. The minimum Gasteiger partial charge on any atom is -0.394 e. The van der Waals surface area contributed by atoms with Crippen LogP contribution in [0.4, 0.5) is 5.95 Å². The molecule has 1 aliphatic rings. The molecule has 1 saturated heterocycles. The van der Waals surface area contributed by atoms with Crippen LogP contribution in [0.3, 0.4) is 0 Å². The van der Waals surface area contributed by atoms with E-state index in [1.807, 2.05) is 6.92 Å². The minimum absolute atomic E-state index is 0.0511. The van der Waals surface area contributed by atoms with Crippen LogP contribution in [0, 0.1) is 0 Å². The molecule has 2 unspecified atom stereocenters. The van der Waals surface area contributed by atoms with Crippen LogP contribution in [0.25, 0.3) is 11.2 Å². The number of aromatic nitrogens is 4. The Morgan fingerprint density at radius 2 is 2.27 bits per heavy atom. The van der Waals surface area contributed by atoms with Crippen molar-refractivity contribution in [3.8, 4) is 0 Å². The number of hydrogen-bond donors (Lipinski definition) is 4. The fourth-order valence-corrected chi connectivity index (χ4v) is 3.33. The average Bonchev–Trinajstić information content (AvgIpc) is 3.14. The third kappa shape index (κ3) is 3.47. The number of nitrogens with one attached hydrogen (secondary N) is 1. The van der Waals surface area contributed by atoms with Gasteiger partial charge in [0, 0.05) is 11.2 Å². The molecule has 0 aromatic carbocycles. The maximum absolute atomic E-state index is 12.0. The smallest absolute Gasteiger partial charge is 0.394 e. The maximum atomic E-state index is 12.0. The van der Waals surface area contributed by atoms with Crippen LogP contribution >= 0.6 is 8.25 Å². The number of nitrogen functional groups attached to an aromatic ring is 1. The molecular weight excluding hydrogens is 369 g/mol. The van der Waals surface area contributed by atoms with Gasteiger partial charge in [0.1, 0.15) is 12.2 Å².